The van der Waals surface area contributed by atoms with E-state index >= 15 is 0 Å². The zero-order chi connectivity index (χ0) is 20.0. The molecule has 0 fully saturated rings. The number of nitrogens with two attached hydrogens (primary N) is 2. The van der Waals surface area contributed by atoms with Crippen molar-refractivity contribution in [3.05, 3.63) is 78.5 Å². The van der Waals surface area contributed by atoms with Gasteiger partial charge in [0.2, 0.25) is 0 Å². The molecule has 138 valence electrons. The summed E-state index contributed by atoms with van der Waals surface area (Å²) < 4.78 is 1.92. The second-order valence-corrected chi connectivity index (χ2v) is 6.65. The second-order valence-electron chi connectivity index (χ2n) is 6.65. The van der Waals surface area contributed by atoms with Crippen molar-refractivity contribution >= 4 is 33.7 Å². The van der Waals surface area contributed by atoms with Gasteiger partial charge in [-0.25, -0.2) is 14.8 Å². The average molecular weight is 377 g/mol. The fourth-order valence-corrected chi connectivity index (χ4v) is 3.51. The molecule has 0 unspecified atom stereocenters. The van der Waals surface area contributed by atoms with Gasteiger partial charge in [-0.2, -0.15) is 0 Å². The van der Waals surface area contributed by atoms with Crippen LogP contribution in [0.3, 0.4) is 0 Å². The summed E-state index contributed by atoms with van der Waals surface area (Å²) in [4.78, 5) is 16.9. The summed E-state index contributed by atoms with van der Waals surface area (Å²) in [7, 11) is 0. The monoisotopic (exact) mass is 377 g/mol. The number of nitrogens with zero attached hydrogens (tertiary/aromatic N) is 5. The molecular weight excluding hydrogens is 362 g/mol. The van der Waals surface area contributed by atoms with E-state index in [1.807, 2.05) is 53.1 Å². The summed E-state index contributed by atoms with van der Waals surface area (Å²) in [6.45, 7) is 7.33. The van der Waals surface area contributed by atoms with Crippen molar-refractivity contribution in [1.29, 1.82) is 0 Å². The number of hydrogen-bond donors (Lipinski definition) is 2. The van der Waals surface area contributed by atoms with Gasteiger partial charge in [0.25, 0.3) is 0 Å². The van der Waals surface area contributed by atoms with Crippen molar-refractivity contribution in [3.8, 4) is 22.5 Å². The molecule has 7 heteroatoms. The van der Waals surface area contributed by atoms with Crippen molar-refractivity contribution < 1.29 is 0 Å². The third-order valence-electron chi connectivity index (χ3n) is 4.79. The number of aromatic nitrogens is 4. The topological polar surface area (TPSA) is 99.5 Å². The Morgan fingerprint density at radius 3 is 2.72 bits per heavy atom. The highest BCUT2D eigenvalue weighted by molar-refractivity contribution is 5.90. The number of hydrogen-bond acceptors (Lipinski definition) is 5. The van der Waals surface area contributed by atoms with Crippen LogP contribution in [-0.2, 0) is 0 Å². The van der Waals surface area contributed by atoms with Crippen LogP contribution in [0.25, 0.3) is 43.9 Å². The second kappa shape index (κ2) is 6.32. The SMILES string of the molecule is [C-]#[N+]c1cccc(-c2nc(N)c3nccn3c2-c2ccc3ncc(N)cc3c2)c1. The van der Waals surface area contributed by atoms with E-state index in [0.29, 0.717) is 28.5 Å². The molecule has 0 aliphatic carbocycles. The zero-order valence-electron chi connectivity index (χ0n) is 15.2. The van der Waals surface area contributed by atoms with Gasteiger partial charge in [0.15, 0.2) is 17.2 Å². The summed E-state index contributed by atoms with van der Waals surface area (Å²) >= 11 is 0. The number of anilines is 2. The lowest BCUT2D eigenvalue weighted by atomic mass is 10.0. The molecule has 29 heavy (non-hydrogen) atoms. The van der Waals surface area contributed by atoms with Crippen molar-refractivity contribution in [2.75, 3.05) is 11.5 Å². The van der Waals surface area contributed by atoms with Crippen LogP contribution >= 0.6 is 0 Å². The number of pyridine rings is 1. The Morgan fingerprint density at radius 1 is 0.966 bits per heavy atom. The molecule has 0 atom stereocenters. The number of imidazole rings is 1. The fourth-order valence-electron chi connectivity index (χ4n) is 3.51. The Bertz CT molecular complexity index is 1440. The first-order valence-electron chi connectivity index (χ1n) is 8.90. The molecule has 2 aromatic carbocycles. The fraction of sp³-hybridized carbons (Fsp3) is 0. The molecule has 0 radical (unpaired) electrons. The van der Waals surface area contributed by atoms with Gasteiger partial charge in [-0.3, -0.25) is 9.38 Å². The lowest BCUT2D eigenvalue weighted by Crippen LogP contribution is -2.03. The van der Waals surface area contributed by atoms with Crippen LogP contribution < -0.4 is 11.5 Å². The minimum absolute atomic E-state index is 0.327. The third kappa shape index (κ3) is 2.71. The minimum atomic E-state index is 0.327. The lowest BCUT2D eigenvalue weighted by Gasteiger charge is -2.14. The van der Waals surface area contributed by atoms with E-state index in [2.05, 4.69) is 19.8 Å². The molecule has 0 spiro atoms. The molecule has 0 aliphatic rings. The maximum atomic E-state index is 7.33. The summed E-state index contributed by atoms with van der Waals surface area (Å²) in [6.07, 6.45) is 5.19. The van der Waals surface area contributed by atoms with Crippen LogP contribution in [0.4, 0.5) is 17.2 Å². The molecule has 3 heterocycles. The summed E-state index contributed by atoms with van der Waals surface area (Å²) in [6, 6.07) is 15.2. The van der Waals surface area contributed by atoms with E-state index in [-0.39, 0.29) is 0 Å². The zero-order valence-corrected chi connectivity index (χ0v) is 15.2. The van der Waals surface area contributed by atoms with Crippen molar-refractivity contribution in [1.82, 2.24) is 19.4 Å². The number of benzene rings is 2. The molecule has 4 N–H and O–H groups in total. The van der Waals surface area contributed by atoms with Gasteiger partial charge in [-0.1, -0.05) is 24.3 Å². The van der Waals surface area contributed by atoms with Crippen molar-refractivity contribution in [3.63, 3.8) is 0 Å². The molecule has 0 bridgehead atoms. The maximum absolute atomic E-state index is 7.33. The highest BCUT2D eigenvalue weighted by atomic mass is 15.1. The quantitative estimate of drug-likeness (QED) is 0.446. The van der Waals surface area contributed by atoms with Crippen LogP contribution in [0, 0.1) is 6.57 Å². The largest absolute Gasteiger partial charge is 0.397 e. The van der Waals surface area contributed by atoms with Crippen molar-refractivity contribution in [2.24, 2.45) is 0 Å². The molecule has 0 saturated carbocycles. The van der Waals surface area contributed by atoms with Crippen LogP contribution in [0.2, 0.25) is 0 Å². The smallest absolute Gasteiger partial charge is 0.187 e. The van der Waals surface area contributed by atoms with Gasteiger partial charge in [-0.15, -0.1) is 0 Å². The Hall–Kier alpha value is -4.44. The lowest BCUT2D eigenvalue weighted by molar-refractivity contribution is 1.14. The Morgan fingerprint density at radius 2 is 1.86 bits per heavy atom. The first-order chi connectivity index (χ1) is 14.1. The predicted molar refractivity (Wildman–Crippen MR) is 114 cm³/mol. The number of rotatable bonds is 2. The Balaban J connectivity index is 1.86. The minimum Gasteiger partial charge on any atom is -0.397 e. The average Bonchev–Trinajstić information content (AvgIpc) is 3.23. The molecule has 0 aliphatic heterocycles. The first kappa shape index (κ1) is 16.7. The van der Waals surface area contributed by atoms with Crippen LogP contribution in [0.15, 0.2) is 67.1 Å². The van der Waals surface area contributed by atoms with E-state index in [1.54, 1.807) is 18.5 Å². The first-order valence-corrected chi connectivity index (χ1v) is 8.90. The normalized spacial score (nSPS) is 11.0. The molecular formula is C22H15N7. The van der Waals surface area contributed by atoms with Gasteiger partial charge < -0.3 is 11.5 Å². The van der Waals surface area contributed by atoms with Gasteiger partial charge in [0.1, 0.15) is 0 Å². The highest BCUT2D eigenvalue weighted by Crippen LogP contribution is 2.35. The van der Waals surface area contributed by atoms with E-state index in [1.165, 1.54) is 0 Å². The number of fused-ring (bicyclic) bond motifs is 2. The molecule has 0 amide bonds. The van der Waals surface area contributed by atoms with E-state index in [4.69, 9.17) is 18.0 Å². The Kier molecular flexibility index (Phi) is 3.64. The molecule has 0 saturated heterocycles. The maximum Gasteiger partial charge on any atom is 0.187 e. The van der Waals surface area contributed by atoms with E-state index in [9.17, 15) is 0 Å². The Labute approximate surface area is 166 Å². The molecule has 5 rings (SSSR count). The van der Waals surface area contributed by atoms with Crippen molar-refractivity contribution in [2.45, 2.75) is 0 Å². The third-order valence-corrected chi connectivity index (χ3v) is 4.79. The predicted octanol–water partition coefficient (Wildman–Crippen LogP) is 4.33. The standard InChI is InChI=1S/C22H15N7/c1-25-17-4-2-3-13(11-17)19-20(29-8-7-26-22(29)21(24)28-19)14-5-6-18-15(9-14)10-16(23)12-27-18/h2-12H,23H2,(H2,24,28). The van der Waals surface area contributed by atoms with E-state index in [0.717, 1.165) is 27.7 Å². The molecule has 7 nitrogen and oxygen atoms in total. The van der Waals surface area contributed by atoms with Gasteiger partial charge in [-0.05, 0) is 29.8 Å². The molecule has 3 aromatic heterocycles. The summed E-state index contributed by atoms with van der Waals surface area (Å²) in [5, 5.41) is 0.924. The number of nitrogen functional groups attached to an aromatic ring is 2. The van der Waals surface area contributed by atoms with Gasteiger partial charge in [0, 0.05) is 23.3 Å². The summed E-state index contributed by atoms with van der Waals surface area (Å²) in [5.41, 5.74) is 17.9. The van der Waals surface area contributed by atoms with Gasteiger partial charge >= 0.3 is 0 Å². The van der Waals surface area contributed by atoms with Crippen LogP contribution in [-0.4, -0.2) is 19.4 Å². The van der Waals surface area contributed by atoms with E-state index < -0.39 is 0 Å². The van der Waals surface area contributed by atoms with Crippen LogP contribution in [0.1, 0.15) is 0 Å². The summed E-state index contributed by atoms with van der Waals surface area (Å²) in [5.74, 6) is 0.327. The molecule has 5 aromatic rings. The highest BCUT2D eigenvalue weighted by Gasteiger charge is 2.17. The van der Waals surface area contributed by atoms with Gasteiger partial charge in [0.05, 0.1) is 35.4 Å². The van der Waals surface area contributed by atoms with Crippen LogP contribution in [0.5, 0.6) is 0 Å².